The van der Waals surface area contributed by atoms with Crippen molar-refractivity contribution in [2.24, 2.45) is 0 Å². The molecule has 0 unspecified atom stereocenters. The molecule has 0 radical (unpaired) electrons. The molecule has 2 N–H and O–H groups in total. The van der Waals surface area contributed by atoms with Crippen molar-refractivity contribution in [2.75, 3.05) is 0 Å². The topological polar surface area (TPSA) is 62.0 Å². The van der Waals surface area contributed by atoms with Crippen LogP contribution >= 0.6 is 0 Å². The minimum Gasteiger partial charge on any atom is -0.352 e. The average molecular weight is 320 g/mol. The number of pyridine rings is 1. The monoisotopic (exact) mass is 320 g/mol. The van der Waals surface area contributed by atoms with Gasteiger partial charge in [0.2, 0.25) is 5.91 Å². The van der Waals surface area contributed by atoms with Gasteiger partial charge < -0.3 is 10.3 Å². The van der Waals surface area contributed by atoms with Gasteiger partial charge in [-0.2, -0.15) is 0 Å². The molecule has 0 saturated heterocycles. The van der Waals surface area contributed by atoms with E-state index in [9.17, 15) is 9.59 Å². The molecule has 0 saturated carbocycles. The van der Waals surface area contributed by atoms with Gasteiger partial charge in [-0.15, -0.1) is 0 Å². The molecule has 0 aliphatic heterocycles. The standard InChI is InChI=1S/C20H20N2O2/c1-13-5-3-4-6-16(13)11-19(23)21-12-15-7-8-18-17(10-15)9-14(2)20(24)22-18/h3-10H,11-12H2,1-2H3,(H,21,23)(H,22,24). The van der Waals surface area contributed by atoms with Crippen molar-refractivity contribution < 1.29 is 4.79 Å². The zero-order chi connectivity index (χ0) is 17.1. The van der Waals surface area contributed by atoms with Crippen molar-refractivity contribution in [1.82, 2.24) is 10.3 Å². The average Bonchev–Trinajstić information content (AvgIpc) is 2.56. The highest BCUT2D eigenvalue weighted by atomic mass is 16.1. The Morgan fingerprint density at radius 3 is 2.62 bits per heavy atom. The molecule has 4 heteroatoms. The van der Waals surface area contributed by atoms with E-state index >= 15 is 0 Å². The summed E-state index contributed by atoms with van der Waals surface area (Å²) < 4.78 is 0. The zero-order valence-electron chi connectivity index (χ0n) is 13.8. The molecule has 4 nitrogen and oxygen atoms in total. The zero-order valence-corrected chi connectivity index (χ0v) is 13.8. The Morgan fingerprint density at radius 1 is 1.04 bits per heavy atom. The highest BCUT2D eigenvalue weighted by Crippen LogP contribution is 2.14. The van der Waals surface area contributed by atoms with Crippen molar-refractivity contribution >= 4 is 16.8 Å². The highest BCUT2D eigenvalue weighted by molar-refractivity contribution is 5.81. The Kier molecular flexibility index (Phi) is 4.47. The SMILES string of the molecule is Cc1ccccc1CC(=O)NCc1ccc2[nH]c(=O)c(C)cc2c1. The Balaban J connectivity index is 1.69. The third-order valence-electron chi connectivity index (χ3n) is 4.20. The first-order chi connectivity index (χ1) is 11.5. The maximum absolute atomic E-state index is 12.1. The summed E-state index contributed by atoms with van der Waals surface area (Å²) >= 11 is 0. The Morgan fingerprint density at radius 2 is 1.83 bits per heavy atom. The van der Waals surface area contributed by atoms with Crippen molar-refractivity contribution in [3.8, 4) is 0 Å². The number of benzene rings is 2. The van der Waals surface area contributed by atoms with Crippen LogP contribution in [0.4, 0.5) is 0 Å². The Hall–Kier alpha value is -2.88. The Labute approximate surface area is 140 Å². The summed E-state index contributed by atoms with van der Waals surface area (Å²) in [5.74, 6) is 0.00189. The van der Waals surface area contributed by atoms with E-state index in [4.69, 9.17) is 0 Å². The quantitative estimate of drug-likeness (QED) is 0.776. The first-order valence-electron chi connectivity index (χ1n) is 7.97. The van der Waals surface area contributed by atoms with E-state index in [-0.39, 0.29) is 11.5 Å². The van der Waals surface area contributed by atoms with E-state index in [1.807, 2.05) is 55.5 Å². The van der Waals surface area contributed by atoms with E-state index < -0.39 is 0 Å². The summed E-state index contributed by atoms with van der Waals surface area (Å²) in [5, 5.41) is 3.92. The van der Waals surface area contributed by atoms with Crippen LogP contribution in [0.25, 0.3) is 10.9 Å². The van der Waals surface area contributed by atoms with Crippen LogP contribution in [0.5, 0.6) is 0 Å². The molecular formula is C20H20N2O2. The van der Waals surface area contributed by atoms with Crippen molar-refractivity contribution in [1.29, 1.82) is 0 Å². The van der Waals surface area contributed by atoms with Crippen LogP contribution in [-0.4, -0.2) is 10.9 Å². The van der Waals surface area contributed by atoms with Crippen LogP contribution in [0.1, 0.15) is 22.3 Å². The van der Waals surface area contributed by atoms with Gasteiger partial charge in [0.1, 0.15) is 0 Å². The third kappa shape index (κ3) is 3.54. The molecule has 1 aromatic heterocycles. The minimum absolute atomic E-state index is 0.00189. The van der Waals surface area contributed by atoms with Gasteiger partial charge in [0.25, 0.3) is 5.56 Å². The fourth-order valence-corrected chi connectivity index (χ4v) is 2.72. The molecule has 0 aliphatic rings. The number of rotatable bonds is 4. The molecule has 0 bridgehead atoms. The maximum Gasteiger partial charge on any atom is 0.251 e. The van der Waals surface area contributed by atoms with Gasteiger partial charge in [-0.3, -0.25) is 9.59 Å². The van der Waals surface area contributed by atoms with Crippen LogP contribution in [0.2, 0.25) is 0 Å². The molecule has 1 heterocycles. The number of carbonyl (C=O) groups excluding carboxylic acids is 1. The number of H-pyrrole nitrogens is 1. The van der Waals surface area contributed by atoms with Crippen molar-refractivity contribution in [3.63, 3.8) is 0 Å². The fourth-order valence-electron chi connectivity index (χ4n) is 2.72. The first kappa shape index (κ1) is 16.0. The number of aryl methyl sites for hydroxylation is 2. The van der Waals surface area contributed by atoms with Crippen molar-refractivity contribution in [3.05, 3.63) is 81.1 Å². The van der Waals surface area contributed by atoms with Gasteiger partial charge >= 0.3 is 0 Å². The molecule has 0 fully saturated rings. The second-order valence-corrected chi connectivity index (χ2v) is 6.08. The van der Waals surface area contributed by atoms with Crippen LogP contribution in [0.3, 0.4) is 0 Å². The number of hydrogen-bond acceptors (Lipinski definition) is 2. The molecule has 3 aromatic rings. The molecule has 24 heavy (non-hydrogen) atoms. The molecule has 0 aliphatic carbocycles. The smallest absolute Gasteiger partial charge is 0.251 e. The fraction of sp³-hybridized carbons (Fsp3) is 0.200. The second kappa shape index (κ2) is 6.71. The summed E-state index contributed by atoms with van der Waals surface area (Å²) in [6, 6.07) is 15.6. The predicted molar refractivity (Wildman–Crippen MR) is 96.0 cm³/mol. The third-order valence-corrected chi connectivity index (χ3v) is 4.20. The molecule has 1 amide bonds. The number of hydrogen-bond donors (Lipinski definition) is 2. The summed E-state index contributed by atoms with van der Waals surface area (Å²) in [5.41, 5.74) is 4.59. The first-order valence-corrected chi connectivity index (χ1v) is 7.97. The van der Waals surface area contributed by atoms with E-state index in [0.717, 1.165) is 27.6 Å². The molecule has 2 aromatic carbocycles. The summed E-state index contributed by atoms with van der Waals surface area (Å²) in [6.45, 7) is 4.27. The van der Waals surface area contributed by atoms with Crippen molar-refractivity contribution in [2.45, 2.75) is 26.8 Å². The highest BCUT2D eigenvalue weighted by Gasteiger charge is 2.06. The Bertz CT molecular complexity index is 957. The number of carbonyl (C=O) groups is 1. The summed E-state index contributed by atoms with van der Waals surface area (Å²) in [6.07, 6.45) is 0.382. The molecule has 0 spiro atoms. The summed E-state index contributed by atoms with van der Waals surface area (Å²) in [7, 11) is 0. The molecule has 122 valence electrons. The lowest BCUT2D eigenvalue weighted by molar-refractivity contribution is -0.120. The van der Waals surface area contributed by atoms with E-state index in [1.54, 1.807) is 6.92 Å². The largest absolute Gasteiger partial charge is 0.352 e. The lowest BCUT2D eigenvalue weighted by Crippen LogP contribution is -2.24. The maximum atomic E-state index is 12.1. The van der Waals surface area contributed by atoms with Gasteiger partial charge in [-0.1, -0.05) is 30.3 Å². The van der Waals surface area contributed by atoms with Crippen LogP contribution < -0.4 is 10.9 Å². The normalized spacial score (nSPS) is 10.8. The number of fused-ring (bicyclic) bond motifs is 1. The second-order valence-electron chi connectivity index (χ2n) is 6.08. The van der Waals surface area contributed by atoms with E-state index in [0.29, 0.717) is 18.5 Å². The minimum atomic E-state index is -0.0678. The van der Waals surface area contributed by atoms with Gasteiger partial charge in [-0.25, -0.2) is 0 Å². The number of amides is 1. The molecule has 3 rings (SSSR count). The predicted octanol–water partition coefficient (Wildman–Crippen LogP) is 3.00. The number of aromatic nitrogens is 1. The number of nitrogens with one attached hydrogen (secondary N) is 2. The summed E-state index contributed by atoms with van der Waals surface area (Å²) in [4.78, 5) is 26.6. The number of aromatic amines is 1. The van der Waals surface area contributed by atoms with Crippen LogP contribution in [0, 0.1) is 13.8 Å². The lowest BCUT2D eigenvalue weighted by Gasteiger charge is -2.08. The lowest BCUT2D eigenvalue weighted by atomic mass is 10.1. The van der Waals surface area contributed by atoms with Gasteiger partial charge in [-0.05, 0) is 54.1 Å². The van der Waals surface area contributed by atoms with Crippen LogP contribution in [0.15, 0.2) is 53.3 Å². The van der Waals surface area contributed by atoms with Gasteiger partial charge in [0.05, 0.1) is 6.42 Å². The van der Waals surface area contributed by atoms with E-state index in [1.165, 1.54) is 0 Å². The molecule has 0 atom stereocenters. The molecular weight excluding hydrogens is 300 g/mol. The van der Waals surface area contributed by atoms with Gasteiger partial charge in [0.15, 0.2) is 0 Å². The van der Waals surface area contributed by atoms with E-state index in [2.05, 4.69) is 10.3 Å². The van der Waals surface area contributed by atoms with Gasteiger partial charge in [0, 0.05) is 17.6 Å². The van der Waals surface area contributed by atoms with Crippen LogP contribution in [-0.2, 0) is 17.8 Å².